The van der Waals surface area contributed by atoms with Crippen molar-refractivity contribution in [1.29, 1.82) is 0 Å². The summed E-state index contributed by atoms with van der Waals surface area (Å²) in [5, 5.41) is 25.2. The van der Waals surface area contributed by atoms with Gasteiger partial charge < -0.3 is 29.2 Å². The molecule has 1 heterocycles. The zero-order chi connectivity index (χ0) is 27.3. The molecule has 1 aromatic carbocycles. The third-order valence-corrected chi connectivity index (χ3v) is 12.3. The highest BCUT2D eigenvalue weighted by Crippen LogP contribution is 2.79. The molecule has 1 spiro atoms. The van der Waals surface area contributed by atoms with E-state index in [-0.39, 0.29) is 59.2 Å². The zero-order valence-corrected chi connectivity index (χ0v) is 23.5. The molecule has 39 heavy (non-hydrogen) atoms. The number of carbonyl (C=O) groups excluding carboxylic acids is 1. The maximum absolute atomic E-state index is 13.4. The second-order valence-electron chi connectivity index (χ2n) is 13.3. The standard InChI is InChI=1S/C31H43NO7/c1-5-32-15-29(16-36-2)12-11-21(33)31-19-13-18-20(37-3)14-30(35,23(27(31)32)25(38-4)26(29)31)22(19)24(18)39-28(34)17-9-7-6-8-10-17/h6-10,18-27,33,35H,5,11-16H2,1-4H3/t18?,19?,20?,21?,22?,23?,24?,25?,26?,27?,29-,30+,31-/m0/s1. The van der Waals surface area contributed by atoms with Gasteiger partial charge in [-0.25, -0.2) is 4.79 Å². The minimum atomic E-state index is -1.15. The van der Waals surface area contributed by atoms with E-state index < -0.39 is 23.2 Å². The molecule has 0 aromatic heterocycles. The second-order valence-corrected chi connectivity index (χ2v) is 13.3. The average molecular weight is 542 g/mol. The normalized spacial score (nSPS) is 51.1. The lowest BCUT2D eigenvalue weighted by atomic mass is 9.43. The summed E-state index contributed by atoms with van der Waals surface area (Å²) in [4.78, 5) is 15.9. The Kier molecular flexibility index (Phi) is 6.06. The van der Waals surface area contributed by atoms with E-state index in [1.165, 1.54) is 0 Å². The fraction of sp³-hybridized carbons (Fsp3) is 0.774. The van der Waals surface area contributed by atoms with E-state index in [0.29, 0.717) is 25.0 Å². The number of methoxy groups -OCH3 is 3. The fourth-order valence-corrected chi connectivity index (χ4v) is 11.6. The molecule has 0 amide bonds. The highest BCUT2D eigenvalue weighted by molar-refractivity contribution is 5.89. The SMILES string of the molecule is CCN1C[C@]2(COC)CCC(O)[C@@]34C5CC6C(OC)C[C@@](O)(C5C6OC(=O)c5ccccc5)C(C(OC)C23)C14. The van der Waals surface area contributed by atoms with E-state index in [1.807, 2.05) is 18.2 Å². The number of likely N-dealkylation sites (tertiary alicyclic amines) is 1. The first-order valence-corrected chi connectivity index (χ1v) is 14.8. The Morgan fingerprint density at radius 3 is 2.54 bits per heavy atom. The summed E-state index contributed by atoms with van der Waals surface area (Å²) < 4.78 is 24.8. The van der Waals surface area contributed by atoms with Crippen LogP contribution in [0.3, 0.4) is 0 Å². The van der Waals surface area contributed by atoms with Crippen molar-refractivity contribution in [3.05, 3.63) is 35.9 Å². The molecular formula is C31H43NO7. The lowest BCUT2D eigenvalue weighted by Gasteiger charge is -2.68. The first-order valence-electron chi connectivity index (χ1n) is 14.8. The quantitative estimate of drug-likeness (QED) is 0.508. The molecule has 214 valence electrons. The second kappa shape index (κ2) is 8.97. The molecule has 13 atom stereocenters. The number of rotatable bonds is 7. The van der Waals surface area contributed by atoms with Crippen LogP contribution in [0.25, 0.3) is 0 Å². The van der Waals surface area contributed by atoms with Crippen LogP contribution in [-0.2, 0) is 18.9 Å². The van der Waals surface area contributed by atoms with Crippen molar-refractivity contribution in [2.75, 3.05) is 41.0 Å². The van der Waals surface area contributed by atoms with Gasteiger partial charge in [-0.3, -0.25) is 4.90 Å². The van der Waals surface area contributed by atoms with E-state index >= 15 is 0 Å². The number of esters is 1. The summed E-state index contributed by atoms with van der Waals surface area (Å²) in [6.07, 6.45) is 1.36. The van der Waals surface area contributed by atoms with Gasteiger partial charge in [0.15, 0.2) is 0 Å². The van der Waals surface area contributed by atoms with Crippen LogP contribution in [0.1, 0.15) is 43.0 Å². The van der Waals surface area contributed by atoms with Gasteiger partial charge in [-0.05, 0) is 43.9 Å². The van der Waals surface area contributed by atoms with Gasteiger partial charge in [0.25, 0.3) is 0 Å². The van der Waals surface area contributed by atoms with Gasteiger partial charge in [0.2, 0.25) is 0 Å². The van der Waals surface area contributed by atoms with Gasteiger partial charge >= 0.3 is 5.97 Å². The number of aliphatic hydroxyl groups excluding tert-OH is 1. The molecule has 6 aliphatic rings. The van der Waals surface area contributed by atoms with Gasteiger partial charge in [-0.15, -0.1) is 0 Å². The molecule has 5 aliphatic carbocycles. The van der Waals surface area contributed by atoms with Gasteiger partial charge in [0.05, 0.1) is 36.1 Å². The van der Waals surface area contributed by atoms with Crippen molar-refractivity contribution in [1.82, 2.24) is 4.90 Å². The van der Waals surface area contributed by atoms with Gasteiger partial charge in [0, 0.05) is 74.8 Å². The molecular weight excluding hydrogens is 498 g/mol. The minimum absolute atomic E-state index is 0.0104. The Morgan fingerprint density at radius 2 is 1.87 bits per heavy atom. The van der Waals surface area contributed by atoms with Crippen LogP contribution < -0.4 is 0 Å². The molecule has 1 aromatic rings. The summed E-state index contributed by atoms with van der Waals surface area (Å²) in [6, 6.07) is 9.09. The first-order chi connectivity index (χ1) is 18.8. The van der Waals surface area contributed by atoms with Crippen LogP contribution in [0.4, 0.5) is 0 Å². The Balaban J connectivity index is 1.41. The number of fused-ring (bicyclic) bond motifs is 2. The molecule has 10 unspecified atom stereocenters. The topological polar surface area (TPSA) is 97.7 Å². The number of hydrogen-bond acceptors (Lipinski definition) is 8. The summed E-state index contributed by atoms with van der Waals surface area (Å²) in [7, 11) is 5.24. The maximum Gasteiger partial charge on any atom is 0.338 e. The molecule has 8 heteroatoms. The number of nitrogens with zero attached hydrogens (tertiary/aromatic N) is 1. The van der Waals surface area contributed by atoms with Crippen molar-refractivity contribution in [2.45, 2.75) is 68.7 Å². The van der Waals surface area contributed by atoms with Gasteiger partial charge in [-0.1, -0.05) is 25.1 Å². The molecule has 7 bridgehead atoms. The summed E-state index contributed by atoms with van der Waals surface area (Å²) >= 11 is 0. The average Bonchev–Trinajstić information content (AvgIpc) is 3.38. The van der Waals surface area contributed by atoms with E-state index in [4.69, 9.17) is 18.9 Å². The fourth-order valence-electron chi connectivity index (χ4n) is 11.6. The maximum atomic E-state index is 13.4. The Hall–Kier alpha value is -1.55. The highest BCUT2D eigenvalue weighted by atomic mass is 16.6. The van der Waals surface area contributed by atoms with Crippen molar-refractivity contribution in [3.8, 4) is 0 Å². The van der Waals surface area contributed by atoms with Crippen LogP contribution >= 0.6 is 0 Å². The van der Waals surface area contributed by atoms with Crippen LogP contribution in [0.5, 0.6) is 0 Å². The largest absolute Gasteiger partial charge is 0.458 e. The first kappa shape index (κ1) is 26.4. The van der Waals surface area contributed by atoms with Crippen LogP contribution in [0.15, 0.2) is 30.3 Å². The third kappa shape index (κ3) is 3.08. The molecule has 2 N–H and O–H groups in total. The summed E-state index contributed by atoms with van der Waals surface area (Å²) in [5.74, 6) is -0.869. The van der Waals surface area contributed by atoms with Crippen molar-refractivity contribution in [2.24, 2.45) is 40.4 Å². The van der Waals surface area contributed by atoms with Gasteiger partial charge in [0.1, 0.15) is 6.10 Å². The van der Waals surface area contributed by atoms with E-state index in [0.717, 1.165) is 25.9 Å². The van der Waals surface area contributed by atoms with Crippen LogP contribution in [-0.4, -0.2) is 98.2 Å². The number of piperidine rings is 1. The molecule has 8 nitrogen and oxygen atoms in total. The molecule has 0 radical (unpaired) electrons. The smallest absolute Gasteiger partial charge is 0.338 e. The Labute approximate surface area is 230 Å². The third-order valence-electron chi connectivity index (χ3n) is 12.3. The van der Waals surface area contributed by atoms with Crippen LogP contribution in [0.2, 0.25) is 0 Å². The van der Waals surface area contributed by atoms with E-state index in [1.54, 1.807) is 33.5 Å². The summed E-state index contributed by atoms with van der Waals surface area (Å²) in [5.41, 5.74) is -1.28. The predicted octanol–water partition coefficient (Wildman–Crippen LogP) is 2.37. The van der Waals surface area contributed by atoms with Crippen molar-refractivity contribution in [3.63, 3.8) is 0 Å². The summed E-state index contributed by atoms with van der Waals surface area (Å²) in [6.45, 7) is 4.51. The Bertz CT molecular complexity index is 1120. The number of carbonyl (C=O) groups is 1. The highest BCUT2D eigenvalue weighted by Gasteiger charge is 2.86. The molecule has 1 saturated heterocycles. The molecule has 6 fully saturated rings. The lowest BCUT2D eigenvalue weighted by Crippen LogP contribution is -2.76. The molecule has 5 saturated carbocycles. The minimum Gasteiger partial charge on any atom is -0.458 e. The van der Waals surface area contributed by atoms with Crippen molar-refractivity contribution < 1.29 is 34.0 Å². The van der Waals surface area contributed by atoms with Crippen LogP contribution in [0, 0.1) is 40.4 Å². The number of hydrogen-bond donors (Lipinski definition) is 2. The number of aliphatic hydroxyl groups is 2. The molecule has 7 rings (SSSR count). The van der Waals surface area contributed by atoms with Gasteiger partial charge in [-0.2, -0.15) is 0 Å². The monoisotopic (exact) mass is 541 g/mol. The van der Waals surface area contributed by atoms with Crippen molar-refractivity contribution >= 4 is 5.97 Å². The lowest BCUT2D eigenvalue weighted by molar-refractivity contribution is -0.272. The predicted molar refractivity (Wildman–Crippen MR) is 142 cm³/mol. The zero-order valence-electron chi connectivity index (χ0n) is 23.5. The van der Waals surface area contributed by atoms with E-state index in [9.17, 15) is 15.0 Å². The number of benzene rings is 1. The van der Waals surface area contributed by atoms with E-state index in [2.05, 4.69) is 11.8 Å². The molecule has 1 aliphatic heterocycles. The Morgan fingerprint density at radius 1 is 1.10 bits per heavy atom. The number of ether oxygens (including phenoxy) is 4.